The van der Waals surface area contributed by atoms with E-state index < -0.39 is 0 Å². The number of likely N-dealkylation sites (N-methyl/N-ethyl adjacent to an activating group) is 1. The van der Waals surface area contributed by atoms with Crippen molar-refractivity contribution < 1.29 is 0 Å². The van der Waals surface area contributed by atoms with Crippen molar-refractivity contribution in [1.82, 2.24) is 15.1 Å². The molecule has 11 heavy (non-hydrogen) atoms. The Kier molecular flexibility index (Phi) is 1.67. The summed E-state index contributed by atoms with van der Waals surface area (Å²) in [5, 5.41) is 3.40. The van der Waals surface area contributed by atoms with Gasteiger partial charge in [-0.1, -0.05) is 0 Å². The Morgan fingerprint density at radius 2 is 1.73 bits per heavy atom. The van der Waals surface area contributed by atoms with E-state index in [0.717, 1.165) is 0 Å². The Labute approximate surface area is 68.4 Å². The summed E-state index contributed by atoms with van der Waals surface area (Å²) in [4.78, 5) is 4.94. The number of rotatable bonds is 1. The van der Waals surface area contributed by atoms with Crippen LogP contribution in [-0.2, 0) is 0 Å². The van der Waals surface area contributed by atoms with Gasteiger partial charge in [0.05, 0.1) is 5.66 Å². The molecule has 0 aromatic rings. The van der Waals surface area contributed by atoms with Crippen LogP contribution >= 0.6 is 0 Å². The average Bonchev–Trinajstić information content (AvgIpc) is 2.70. The molecule has 3 heteroatoms. The first-order chi connectivity index (χ1) is 5.21. The number of nitrogens with zero attached hydrogens (tertiary/aromatic N) is 2. The molecule has 0 amide bonds. The molecule has 0 bridgehead atoms. The van der Waals surface area contributed by atoms with Crippen molar-refractivity contribution in [3.63, 3.8) is 0 Å². The Morgan fingerprint density at radius 1 is 1.18 bits per heavy atom. The smallest absolute Gasteiger partial charge is 0.0814 e. The first kappa shape index (κ1) is 7.53. The zero-order valence-corrected chi connectivity index (χ0v) is 7.43. The fourth-order valence-electron chi connectivity index (χ4n) is 1.65. The van der Waals surface area contributed by atoms with Gasteiger partial charge in [-0.15, -0.1) is 0 Å². The number of piperazine rings is 1. The molecule has 3 nitrogen and oxygen atoms in total. The highest BCUT2D eigenvalue weighted by Crippen LogP contribution is 2.22. The molecule has 2 heterocycles. The van der Waals surface area contributed by atoms with Gasteiger partial charge in [0.1, 0.15) is 0 Å². The molecule has 2 fully saturated rings. The zero-order chi connectivity index (χ0) is 7.90. The van der Waals surface area contributed by atoms with Crippen molar-refractivity contribution in [3.8, 4) is 0 Å². The molecule has 0 radical (unpaired) electrons. The van der Waals surface area contributed by atoms with Crippen LogP contribution in [0.5, 0.6) is 0 Å². The van der Waals surface area contributed by atoms with Crippen molar-refractivity contribution in [3.05, 3.63) is 0 Å². The van der Waals surface area contributed by atoms with Crippen LogP contribution in [0, 0.1) is 0 Å². The molecule has 1 N–H and O–H groups in total. The van der Waals surface area contributed by atoms with Gasteiger partial charge >= 0.3 is 0 Å². The maximum Gasteiger partial charge on any atom is 0.0814 e. The first-order valence-electron chi connectivity index (χ1n) is 4.39. The highest BCUT2D eigenvalue weighted by molar-refractivity contribution is 5.00. The molecule has 0 aromatic carbocycles. The Balaban J connectivity index is 1.87. The summed E-state index contributed by atoms with van der Waals surface area (Å²) in [7, 11) is 2.19. The molecular weight excluding hydrogens is 138 g/mol. The van der Waals surface area contributed by atoms with E-state index in [4.69, 9.17) is 0 Å². The van der Waals surface area contributed by atoms with Crippen LogP contribution in [0.1, 0.15) is 6.92 Å². The molecule has 1 unspecified atom stereocenters. The summed E-state index contributed by atoms with van der Waals surface area (Å²) in [5.74, 6) is 0. The standard InChI is InChI=1S/C8H17N3/c1-8(7-9-8)11-5-3-10(2)4-6-11/h9H,3-7H2,1-2H3. The summed E-state index contributed by atoms with van der Waals surface area (Å²) < 4.78 is 0. The van der Waals surface area contributed by atoms with Crippen molar-refractivity contribution in [2.75, 3.05) is 39.8 Å². The third-order valence-electron chi connectivity index (χ3n) is 2.89. The number of hydrogen-bond donors (Lipinski definition) is 1. The topological polar surface area (TPSA) is 28.4 Å². The predicted octanol–water partition coefficient (Wildman–Crippen LogP) is -0.447. The molecule has 2 saturated heterocycles. The van der Waals surface area contributed by atoms with Gasteiger partial charge in [-0.05, 0) is 14.0 Å². The Bertz CT molecular complexity index is 145. The molecule has 0 saturated carbocycles. The van der Waals surface area contributed by atoms with Crippen molar-refractivity contribution in [2.24, 2.45) is 0 Å². The van der Waals surface area contributed by atoms with E-state index in [1.165, 1.54) is 32.7 Å². The normalized spacial score (nSPS) is 40.9. The van der Waals surface area contributed by atoms with Gasteiger partial charge in [0.15, 0.2) is 0 Å². The van der Waals surface area contributed by atoms with Gasteiger partial charge in [-0.3, -0.25) is 10.2 Å². The van der Waals surface area contributed by atoms with Crippen LogP contribution in [-0.4, -0.2) is 55.2 Å². The van der Waals surface area contributed by atoms with Crippen LogP contribution in [0.15, 0.2) is 0 Å². The van der Waals surface area contributed by atoms with Gasteiger partial charge in [-0.25, -0.2) is 0 Å². The summed E-state index contributed by atoms with van der Waals surface area (Å²) in [6, 6.07) is 0. The molecule has 2 rings (SSSR count). The van der Waals surface area contributed by atoms with Crippen LogP contribution in [0.3, 0.4) is 0 Å². The van der Waals surface area contributed by atoms with Crippen molar-refractivity contribution in [2.45, 2.75) is 12.6 Å². The Hall–Kier alpha value is -0.120. The lowest BCUT2D eigenvalue weighted by molar-refractivity contribution is 0.105. The molecule has 0 aromatic heterocycles. The van der Waals surface area contributed by atoms with Crippen LogP contribution in [0.25, 0.3) is 0 Å². The molecule has 0 aliphatic carbocycles. The minimum atomic E-state index is 0.362. The molecule has 64 valence electrons. The maximum absolute atomic E-state index is 3.40. The van der Waals surface area contributed by atoms with E-state index in [0.29, 0.717) is 5.66 Å². The lowest BCUT2D eigenvalue weighted by atomic mass is 10.2. The van der Waals surface area contributed by atoms with Gasteiger partial charge in [0.2, 0.25) is 0 Å². The van der Waals surface area contributed by atoms with Crippen LogP contribution < -0.4 is 5.32 Å². The van der Waals surface area contributed by atoms with E-state index in [1.54, 1.807) is 0 Å². The van der Waals surface area contributed by atoms with Gasteiger partial charge < -0.3 is 4.90 Å². The van der Waals surface area contributed by atoms with Gasteiger partial charge in [-0.2, -0.15) is 0 Å². The fourth-order valence-corrected chi connectivity index (χ4v) is 1.65. The van der Waals surface area contributed by atoms with E-state index in [9.17, 15) is 0 Å². The minimum Gasteiger partial charge on any atom is -0.304 e. The highest BCUT2D eigenvalue weighted by atomic mass is 15.4. The molecule has 2 aliphatic heterocycles. The van der Waals surface area contributed by atoms with E-state index in [1.807, 2.05) is 0 Å². The second-order valence-corrected chi connectivity index (χ2v) is 3.92. The molecule has 2 aliphatic rings. The zero-order valence-electron chi connectivity index (χ0n) is 7.43. The Morgan fingerprint density at radius 3 is 2.18 bits per heavy atom. The van der Waals surface area contributed by atoms with E-state index >= 15 is 0 Å². The largest absolute Gasteiger partial charge is 0.304 e. The lowest BCUT2D eigenvalue weighted by Crippen LogP contribution is -2.50. The van der Waals surface area contributed by atoms with E-state index in [-0.39, 0.29) is 0 Å². The average molecular weight is 155 g/mol. The quantitative estimate of drug-likeness (QED) is 0.520. The summed E-state index contributed by atoms with van der Waals surface area (Å²) >= 11 is 0. The highest BCUT2D eigenvalue weighted by Gasteiger charge is 2.43. The number of nitrogens with one attached hydrogen (secondary N) is 1. The predicted molar refractivity (Wildman–Crippen MR) is 45.5 cm³/mol. The van der Waals surface area contributed by atoms with Crippen LogP contribution in [0.4, 0.5) is 0 Å². The van der Waals surface area contributed by atoms with Gasteiger partial charge in [0.25, 0.3) is 0 Å². The molecular formula is C8H17N3. The summed E-state index contributed by atoms with van der Waals surface area (Å²) in [5.41, 5.74) is 0.362. The lowest BCUT2D eigenvalue weighted by Gasteiger charge is -2.35. The fraction of sp³-hybridized carbons (Fsp3) is 1.00. The second kappa shape index (κ2) is 2.44. The van der Waals surface area contributed by atoms with Crippen LogP contribution in [0.2, 0.25) is 0 Å². The first-order valence-corrected chi connectivity index (χ1v) is 4.39. The van der Waals surface area contributed by atoms with E-state index in [2.05, 4.69) is 29.1 Å². The maximum atomic E-state index is 3.40. The van der Waals surface area contributed by atoms with Crippen molar-refractivity contribution in [1.29, 1.82) is 0 Å². The van der Waals surface area contributed by atoms with Crippen molar-refractivity contribution >= 4 is 0 Å². The number of hydrogen-bond acceptors (Lipinski definition) is 3. The monoisotopic (exact) mass is 155 g/mol. The summed E-state index contributed by atoms with van der Waals surface area (Å²) in [6.45, 7) is 8.35. The van der Waals surface area contributed by atoms with Gasteiger partial charge in [0, 0.05) is 32.7 Å². The third-order valence-corrected chi connectivity index (χ3v) is 2.89. The SMILES string of the molecule is CN1CCN(C2(C)CN2)CC1. The molecule has 0 spiro atoms. The minimum absolute atomic E-state index is 0.362. The molecule has 1 atom stereocenters. The second-order valence-electron chi connectivity index (χ2n) is 3.92. The summed E-state index contributed by atoms with van der Waals surface area (Å²) in [6.07, 6.45) is 0. The third kappa shape index (κ3) is 1.41.